The van der Waals surface area contributed by atoms with Crippen LogP contribution in [0, 0.1) is 13.8 Å². The number of aromatic nitrogens is 1. The number of urea groups is 1. The predicted octanol–water partition coefficient (Wildman–Crippen LogP) is 2.86. The first-order valence-electron chi connectivity index (χ1n) is 9.21. The lowest BCUT2D eigenvalue weighted by Crippen LogP contribution is -2.38. The SMILES string of the molecule is CCn1c(C)cc(C(=O)CN2C(=O)C(=O)N(C(C)c3ccccc3)C2=O)c1C. The van der Waals surface area contributed by atoms with E-state index < -0.39 is 30.4 Å². The van der Waals surface area contributed by atoms with E-state index in [4.69, 9.17) is 0 Å². The number of benzene rings is 1. The molecule has 2 aromatic rings. The van der Waals surface area contributed by atoms with E-state index in [1.54, 1.807) is 37.3 Å². The molecule has 0 radical (unpaired) electrons. The van der Waals surface area contributed by atoms with E-state index in [9.17, 15) is 19.2 Å². The molecular weight excluding hydrogens is 358 g/mol. The average Bonchev–Trinajstić information content (AvgIpc) is 3.09. The molecule has 1 aromatic carbocycles. The van der Waals surface area contributed by atoms with E-state index in [0.717, 1.165) is 26.8 Å². The van der Waals surface area contributed by atoms with Crippen molar-refractivity contribution in [3.63, 3.8) is 0 Å². The second-order valence-electron chi connectivity index (χ2n) is 6.89. The number of carbonyl (C=O) groups excluding carboxylic acids is 4. The topological polar surface area (TPSA) is 79.7 Å². The van der Waals surface area contributed by atoms with Gasteiger partial charge in [0, 0.05) is 23.5 Å². The zero-order chi connectivity index (χ0) is 20.6. The molecule has 4 amide bonds. The molecule has 1 aliphatic rings. The Bertz CT molecular complexity index is 962. The first kappa shape index (κ1) is 19.5. The van der Waals surface area contributed by atoms with E-state index in [1.807, 2.05) is 31.4 Å². The minimum Gasteiger partial charge on any atom is -0.349 e. The van der Waals surface area contributed by atoms with Crippen LogP contribution < -0.4 is 0 Å². The van der Waals surface area contributed by atoms with E-state index in [0.29, 0.717) is 12.1 Å². The molecule has 0 aliphatic carbocycles. The molecule has 1 aliphatic heterocycles. The maximum atomic E-state index is 12.8. The van der Waals surface area contributed by atoms with Crippen molar-refractivity contribution in [3.8, 4) is 0 Å². The van der Waals surface area contributed by atoms with Gasteiger partial charge in [-0.1, -0.05) is 30.3 Å². The van der Waals surface area contributed by atoms with Gasteiger partial charge in [0.15, 0.2) is 5.78 Å². The largest absolute Gasteiger partial charge is 0.349 e. The quantitative estimate of drug-likeness (QED) is 0.438. The Labute approximate surface area is 163 Å². The molecular formula is C21H23N3O4. The van der Waals surface area contributed by atoms with Gasteiger partial charge >= 0.3 is 17.8 Å². The molecule has 1 unspecified atom stereocenters. The number of carbonyl (C=O) groups is 4. The number of ketones is 1. The highest BCUT2D eigenvalue weighted by molar-refractivity contribution is 6.45. The summed E-state index contributed by atoms with van der Waals surface area (Å²) in [5.74, 6) is -2.24. The third-order valence-electron chi connectivity index (χ3n) is 5.25. The molecule has 1 atom stereocenters. The van der Waals surface area contributed by atoms with Gasteiger partial charge in [-0.25, -0.2) is 14.6 Å². The van der Waals surface area contributed by atoms with Crippen LogP contribution in [0.3, 0.4) is 0 Å². The van der Waals surface area contributed by atoms with Gasteiger partial charge in [-0.3, -0.25) is 14.4 Å². The Hall–Kier alpha value is -3.22. The molecule has 0 saturated carbocycles. The molecule has 28 heavy (non-hydrogen) atoms. The molecule has 7 heteroatoms. The Morgan fingerprint density at radius 3 is 2.25 bits per heavy atom. The maximum Gasteiger partial charge on any atom is 0.335 e. The highest BCUT2D eigenvalue weighted by Crippen LogP contribution is 2.26. The van der Waals surface area contributed by atoms with Gasteiger partial charge in [0.2, 0.25) is 0 Å². The molecule has 3 rings (SSSR count). The number of imide groups is 2. The fourth-order valence-electron chi connectivity index (χ4n) is 3.68. The van der Waals surface area contributed by atoms with Crippen molar-refractivity contribution in [1.82, 2.24) is 14.4 Å². The van der Waals surface area contributed by atoms with Crippen LogP contribution in [0.15, 0.2) is 36.4 Å². The fourth-order valence-corrected chi connectivity index (χ4v) is 3.68. The molecule has 146 valence electrons. The summed E-state index contributed by atoms with van der Waals surface area (Å²) >= 11 is 0. The maximum absolute atomic E-state index is 12.8. The van der Waals surface area contributed by atoms with Crippen LogP contribution in [-0.2, 0) is 16.1 Å². The Kier molecular flexibility index (Phi) is 5.18. The minimum absolute atomic E-state index is 0.364. The Balaban J connectivity index is 1.84. The van der Waals surface area contributed by atoms with Crippen molar-refractivity contribution in [2.75, 3.05) is 6.54 Å². The van der Waals surface area contributed by atoms with Gasteiger partial charge < -0.3 is 4.57 Å². The lowest BCUT2D eigenvalue weighted by molar-refractivity contribution is -0.143. The van der Waals surface area contributed by atoms with E-state index in [1.165, 1.54) is 0 Å². The van der Waals surface area contributed by atoms with Crippen molar-refractivity contribution in [1.29, 1.82) is 0 Å². The van der Waals surface area contributed by atoms with Crippen molar-refractivity contribution in [2.45, 2.75) is 40.3 Å². The molecule has 7 nitrogen and oxygen atoms in total. The zero-order valence-corrected chi connectivity index (χ0v) is 16.4. The summed E-state index contributed by atoms with van der Waals surface area (Å²) in [4.78, 5) is 52.0. The second-order valence-corrected chi connectivity index (χ2v) is 6.89. The average molecular weight is 381 g/mol. The van der Waals surface area contributed by atoms with Crippen LogP contribution in [0.25, 0.3) is 0 Å². The molecule has 1 fully saturated rings. The summed E-state index contributed by atoms with van der Waals surface area (Å²) in [5.41, 5.74) is 2.90. The Morgan fingerprint density at radius 1 is 1.04 bits per heavy atom. The van der Waals surface area contributed by atoms with E-state index in [2.05, 4.69) is 0 Å². The van der Waals surface area contributed by atoms with Crippen molar-refractivity contribution in [3.05, 3.63) is 58.9 Å². The van der Waals surface area contributed by atoms with Gasteiger partial charge in [0.05, 0.1) is 12.6 Å². The highest BCUT2D eigenvalue weighted by Gasteiger charge is 2.47. The highest BCUT2D eigenvalue weighted by atomic mass is 16.2. The third kappa shape index (κ3) is 3.13. The fraction of sp³-hybridized carbons (Fsp3) is 0.333. The van der Waals surface area contributed by atoms with Crippen LogP contribution in [0.2, 0.25) is 0 Å². The first-order chi connectivity index (χ1) is 13.3. The lowest BCUT2D eigenvalue weighted by atomic mass is 10.1. The standard InChI is InChI=1S/C21H23N3O4/c1-5-22-13(2)11-17(15(22)4)18(25)12-23-19(26)20(27)24(21(23)28)14(3)16-9-7-6-8-10-16/h6-11,14H,5,12H2,1-4H3. The number of amides is 4. The molecule has 1 saturated heterocycles. The zero-order valence-electron chi connectivity index (χ0n) is 16.4. The first-order valence-corrected chi connectivity index (χ1v) is 9.21. The van der Waals surface area contributed by atoms with E-state index >= 15 is 0 Å². The Morgan fingerprint density at radius 2 is 1.68 bits per heavy atom. The van der Waals surface area contributed by atoms with Crippen LogP contribution in [-0.4, -0.2) is 44.5 Å². The van der Waals surface area contributed by atoms with Gasteiger partial charge in [-0.15, -0.1) is 0 Å². The number of hydrogen-bond donors (Lipinski definition) is 0. The molecule has 2 heterocycles. The molecule has 0 bridgehead atoms. The predicted molar refractivity (Wildman–Crippen MR) is 103 cm³/mol. The van der Waals surface area contributed by atoms with Crippen molar-refractivity contribution in [2.24, 2.45) is 0 Å². The summed E-state index contributed by atoms with van der Waals surface area (Å²) in [6, 6.07) is 9.36. The van der Waals surface area contributed by atoms with Crippen molar-refractivity contribution < 1.29 is 19.2 Å². The minimum atomic E-state index is -0.967. The van der Waals surface area contributed by atoms with Crippen LogP contribution in [0.4, 0.5) is 4.79 Å². The summed E-state index contributed by atoms with van der Waals surface area (Å²) in [6.07, 6.45) is 0. The number of nitrogens with zero attached hydrogens (tertiary/aromatic N) is 3. The third-order valence-corrected chi connectivity index (χ3v) is 5.25. The van der Waals surface area contributed by atoms with Crippen LogP contribution in [0.1, 0.15) is 47.2 Å². The summed E-state index contributed by atoms with van der Waals surface area (Å²) in [5, 5.41) is 0. The lowest BCUT2D eigenvalue weighted by Gasteiger charge is -2.22. The number of rotatable bonds is 6. The van der Waals surface area contributed by atoms with Crippen LogP contribution in [0.5, 0.6) is 0 Å². The smallest absolute Gasteiger partial charge is 0.335 e. The van der Waals surface area contributed by atoms with Gasteiger partial charge in [0.1, 0.15) is 0 Å². The van der Waals surface area contributed by atoms with Crippen molar-refractivity contribution >= 4 is 23.6 Å². The monoisotopic (exact) mass is 381 g/mol. The van der Waals surface area contributed by atoms with Gasteiger partial charge in [-0.2, -0.15) is 0 Å². The number of aryl methyl sites for hydroxylation is 1. The van der Waals surface area contributed by atoms with E-state index in [-0.39, 0.29) is 5.78 Å². The number of Topliss-reactive ketones (excluding diaryl/α,β-unsaturated/α-hetero) is 1. The molecule has 1 aromatic heterocycles. The van der Waals surface area contributed by atoms with Crippen LogP contribution >= 0.6 is 0 Å². The van der Waals surface area contributed by atoms with Gasteiger partial charge in [0.25, 0.3) is 0 Å². The summed E-state index contributed by atoms with van der Waals surface area (Å²) in [6.45, 7) is 7.64. The number of hydrogen-bond acceptors (Lipinski definition) is 4. The van der Waals surface area contributed by atoms with Gasteiger partial charge in [-0.05, 0) is 39.3 Å². The molecule has 0 N–H and O–H groups in total. The summed E-state index contributed by atoms with van der Waals surface area (Å²) < 4.78 is 1.98. The molecule has 0 spiro atoms. The second kappa shape index (κ2) is 7.42. The normalized spacial score (nSPS) is 15.5. The summed E-state index contributed by atoms with van der Waals surface area (Å²) in [7, 11) is 0.